The van der Waals surface area contributed by atoms with E-state index in [4.69, 9.17) is 0 Å². The molecule has 1 saturated heterocycles. The first-order valence-electron chi connectivity index (χ1n) is 7.04. The van der Waals surface area contributed by atoms with E-state index in [0.717, 1.165) is 36.0 Å². The lowest BCUT2D eigenvalue weighted by atomic mass is 10.1. The van der Waals surface area contributed by atoms with Crippen LogP contribution in [0.4, 0.5) is 0 Å². The van der Waals surface area contributed by atoms with Gasteiger partial charge in [0.15, 0.2) is 0 Å². The summed E-state index contributed by atoms with van der Waals surface area (Å²) in [6, 6.07) is 8.66. The largest absolute Gasteiger partial charge is 0.334 e. The Hall–Kier alpha value is -0.870. The summed E-state index contributed by atoms with van der Waals surface area (Å²) in [7, 11) is 0. The minimum atomic E-state index is 0.178. The fourth-order valence-electron chi connectivity index (χ4n) is 2.72. The first-order valence-corrected chi connectivity index (χ1v) is 7.83. The number of carbonyl (C=O) groups is 1. The molecule has 1 aromatic rings. The Labute approximate surface area is 122 Å². The predicted molar refractivity (Wildman–Crippen MR) is 79.2 cm³/mol. The molecule has 0 aromatic heterocycles. The summed E-state index contributed by atoms with van der Waals surface area (Å²) in [6.07, 6.45) is 4.74. The van der Waals surface area contributed by atoms with Gasteiger partial charge in [-0.2, -0.15) is 0 Å². The van der Waals surface area contributed by atoms with Crippen LogP contribution >= 0.6 is 15.9 Å². The number of hydrogen-bond acceptors (Lipinski definition) is 2. The van der Waals surface area contributed by atoms with Crippen LogP contribution in [0.25, 0.3) is 0 Å². The molecule has 3 nitrogen and oxygen atoms in total. The van der Waals surface area contributed by atoms with Crippen LogP contribution < -0.4 is 5.32 Å². The average Bonchev–Trinajstić information content (AvgIpc) is 3.12. The summed E-state index contributed by atoms with van der Waals surface area (Å²) < 4.78 is 0.966. The molecule has 1 N–H and O–H groups in total. The summed E-state index contributed by atoms with van der Waals surface area (Å²) in [5, 5.41) is 3.48. The molecule has 1 aliphatic heterocycles. The highest BCUT2D eigenvalue weighted by Gasteiger charge is 2.34. The van der Waals surface area contributed by atoms with Crippen LogP contribution in [-0.2, 0) is 0 Å². The van der Waals surface area contributed by atoms with Crippen molar-refractivity contribution in [2.75, 3.05) is 13.1 Å². The van der Waals surface area contributed by atoms with E-state index >= 15 is 0 Å². The molecule has 102 valence electrons. The predicted octanol–water partition coefficient (Wildman–Crippen LogP) is 2.81. The maximum Gasteiger partial charge on any atom is 0.254 e. The summed E-state index contributed by atoms with van der Waals surface area (Å²) in [6.45, 7) is 1.95. The smallest absolute Gasteiger partial charge is 0.254 e. The van der Waals surface area contributed by atoms with Crippen molar-refractivity contribution in [2.24, 2.45) is 0 Å². The summed E-state index contributed by atoms with van der Waals surface area (Å²) in [5.41, 5.74) is 0.791. The van der Waals surface area contributed by atoms with Crippen LogP contribution in [0.5, 0.6) is 0 Å². The Morgan fingerprint density at radius 1 is 1.37 bits per heavy atom. The second-order valence-corrected chi connectivity index (χ2v) is 6.41. The number of rotatable bonds is 4. The summed E-state index contributed by atoms with van der Waals surface area (Å²) in [4.78, 5) is 14.7. The number of amides is 1. The number of halogens is 1. The van der Waals surface area contributed by atoms with Gasteiger partial charge >= 0.3 is 0 Å². The first kappa shape index (κ1) is 13.1. The average molecular weight is 323 g/mol. The maximum atomic E-state index is 12.6. The van der Waals surface area contributed by atoms with Crippen molar-refractivity contribution in [3.63, 3.8) is 0 Å². The quantitative estimate of drug-likeness (QED) is 0.924. The van der Waals surface area contributed by atoms with Crippen LogP contribution in [0.2, 0.25) is 0 Å². The lowest BCUT2D eigenvalue weighted by Crippen LogP contribution is -2.42. The SMILES string of the molecule is O=C(c1cccc(Br)c1)N(CC1CCCN1)C1CC1. The van der Waals surface area contributed by atoms with Crippen molar-refractivity contribution in [3.8, 4) is 0 Å². The molecular formula is C15H19BrN2O. The van der Waals surface area contributed by atoms with Crippen molar-refractivity contribution in [1.29, 1.82) is 0 Å². The van der Waals surface area contributed by atoms with Gasteiger partial charge in [0.2, 0.25) is 0 Å². The lowest BCUT2D eigenvalue weighted by molar-refractivity contribution is 0.0728. The van der Waals surface area contributed by atoms with Gasteiger partial charge in [-0.1, -0.05) is 22.0 Å². The molecule has 0 radical (unpaired) electrons. The molecule has 1 heterocycles. The van der Waals surface area contributed by atoms with Crippen LogP contribution in [0.15, 0.2) is 28.7 Å². The molecule has 3 rings (SSSR count). The van der Waals surface area contributed by atoms with Gasteiger partial charge in [-0.15, -0.1) is 0 Å². The number of hydrogen-bond donors (Lipinski definition) is 1. The number of nitrogens with one attached hydrogen (secondary N) is 1. The van der Waals surface area contributed by atoms with E-state index in [1.165, 1.54) is 12.8 Å². The van der Waals surface area contributed by atoms with Gasteiger partial charge < -0.3 is 10.2 Å². The Kier molecular flexibility index (Phi) is 3.89. The topological polar surface area (TPSA) is 32.3 Å². The zero-order chi connectivity index (χ0) is 13.2. The van der Waals surface area contributed by atoms with Crippen LogP contribution in [-0.4, -0.2) is 36.0 Å². The monoisotopic (exact) mass is 322 g/mol. The Bertz CT molecular complexity index is 467. The van der Waals surface area contributed by atoms with Crippen molar-refractivity contribution >= 4 is 21.8 Å². The molecule has 1 aliphatic carbocycles. The third-order valence-corrected chi connectivity index (χ3v) is 4.39. The molecular weight excluding hydrogens is 304 g/mol. The molecule has 2 fully saturated rings. The highest BCUT2D eigenvalue weighted by molar-refractivity contribution is 9.10. The fourth-order valence-corrected chi connectivity index (χ4v) is 3.12. The van der Waals surface area contributed by atoms with Gasteiger partial charge in [0.05, 0.1) is 0 Å². The minimum absolute atomic E-state index is 0.178. The minimum Gasteiger partial charge on any atom is -0.334 e. The standard InChI is InChI=1S/C15H19BrN2O/c16-12-4-1-3-11(9-12)15(19)18(14-6-7-14)10-13-5-2-8-17-13/h1,3-4,9,13-14,17H,2,5-8,10H2. The highest BCUT2D eigenvalue weighted by Crippen LogP contribution is 2.29. The normalized spacial score (nSPS) is 22.5. The third kappa shape index (κ3) is 3.18. The summed E-state index contributed by atoms with van der Waals surface area (Å²) >= 11 is 3.44. The molecule has 2 aliphatic rings. The van der Waals surface area contributed by atoms with Gasteiger partial charge in [-0.05, 0) is 50.4 Å². The van der Waals surface area contributed by atoms with E-state index in [-0.39, 0.29) is 5.91 Å². The Morgan fingerprint density at radius 3 is 2.84 bits per heavy atom. The van der Waals surface area contributed by atoms with Gasteiger partial charge in [0, 0.05) is 28.7 Å². The second-order valence-electron chi connectivity index (χ2n) is 5.49. The first-order chi connectivity index (χ1) is 9.24. The molecule has 4 heteroatoms. The molecule has 1 aromatic carbocycles. The molecule has 19 heavy (non-hydrogen) atoms. The molecule has 1 amide bonds. The van der Waals surface area contributed by atoms with Gasteiger partial charge in [0.1, 0.15) is 0 Å². The molecule has 1 saturated carbocycles. The fraction of sp³-hybridized carbons (Fsp3) is 0.533. The summed E-state index contributed by atoms with van der Waals surface area (Å²) in [5.74, 6) is 0.178. The molecule has 0 spiro atoms. The van der Waals surface area contributed by atoms with E-state index in [9.17, 15) is 4.79 Å². The zero-order valence-electron chi connectivity index (χ0n) is 10.9. The van der Waals surface area contributed by atoms with E-state index in [1.807, 2.05) is 24.3 Å². The zero-order valence-corrected chi connectivity index (χ0v) is 12.5. The third-order valence-electron chi connectivity index (χ3n) is 3.90. The van der Waals surface area contributed by atoms with Crippen LogP contribution in [0, 0.1) is 0 Å². The van der Waals surface area contributed by atoms with Gasteiger partial charge in [-0.25, -0.2) is 0 Å². The number of carbonyl (C=O) groups excluding carboxylic acids is 1. The van der Waals surface area contributed by atoms with E-state index < -0.39 is 0 Å². The van der Waals surface area contributed by atoms with E-state index in [2.05, 4.69) is 26.1 Å². The van der Waals surface area contributed by atoms with E-state index in [1.54, 1.807) is 0 Å². The number of nitrogens with zero attached hydrogens (tertiary/aromatic N) is 1. The maximum absolute atomic E-state index is 12.6. The lowest BCUT2D eigenvalue weighted by Gasteiger charge is -2.26. The second kappa shape index (κ2) is 5.63. The van der Waals surface area contributed by atoms with Crippen molar-refractivity contribution in [2.45, 2.75) is 37.8 Å². The van der Waals surface area contributed by atoms with Crippen LogP contribution in [0.3, 0.4) is 0 Å². The van der Waals surface area contributed by atoms with Crippen LogP contribution in [0.1, 0.15) is 36.0 Å². The van der Waals surface area contributed by atoms with Gasteiger partial charge in [-0.3, -0.25) is 4.79 Å². The van der Waals surface area contributed by atoms with Crippen molar-refractivity contribution < 1.29 is 4.79 Å². The van der Waals surface area contributed by atoms with Gasteiger partial charge in [0.25, 0.3) is 5.91 Å². The number of benzene rings is 1. The molecule has 1 unspecified atom stereocenters. The van der Waals surface area contributed by atoms with E-state index in [0.29, 0.717) is 12.1 Å². The molecule has 0 bridgehead atoms. The molecule has 1 atom stereocenters. The highest BCUT2D eigenvalue weighted by atomic mass is 79.9. The Balaban J connectivity index is 1.73. The Morgan fingerprint density at radius 2 is 2.21 bits per heavy atom. The van der Waals surface area contributed by atoms with Crippen molar-refractivity contribution in [1.82, 2.24) is 10.2 Å². The van der Waals surface area contributed by atoms with Crippen molar-refractivity contribution in [3.05, 3.63) is 34.3 Å².